The zero-order valence-corrected chi connectivity index (χ0v) is 20.6. The summed E-state index contributed by atoms with van der Waals surface area (Å²) in [7, 11) is 3.10. The molecule has 188 valence electrons. The van der Waals surface area contributed by atoms with Crippen LogP contribution in [-0.2, 0) is 0 Å². The van der Waals surface area contributed by atoms with Crippen molar-refractivity contribution in [2.45, 2.75) is 13.0 Å². The maximum Gasteiger partial charge on any atom is 0.292 e. The number of ether oxygens (including phenoxy) is 2. The van der Waals surface area contributed by atoms with Crippen molar-refractivity contribution < 1.29 is 19.2 Å². The lowest BCUT2D eigenvalue weighted by Gasteiger charge is -2.36. The first-order chi connectivity index (χ1) is 17.4. The lowest BCUT2D eigenvalue weighted by Crippen LogP contribution is -2.48. The minimum Gasteiger partial charge on any atom is -0.493 e. The van der Waals surface area contributed by atoms with Gasteiger partial charge in [-0.2, -0.15) is 0 Å². The van der Waals surface area contributed by atoms with Crippen LogP contribution in [0.1, 0.15) is 28.9 Å². The predicted molar refractivity (Wildman–Crippen MR) is 139 cm³/mol. The van der Waals surface area contributed by atoms with E-state index >= 15 is 0 Å². The minimum absolute atomic E-state index is 0.0313. The van der Waals surface area contributed by atoms with Gasteiger partial charge >= 0.3 is 0 Å². The van der Waals surface area contributed by atoms with E-state index in [2.05, 4.69) is 10.2 Å². The molecule has 3 aromatic rings. The zero-order chi connectivity index (χ0) is 25.7. The highest BCUT2D eigenvalue weighted by Gasteiger charge is 2.25. The molecule has 0 spiro atoms. The Balaban J connectivity index is 1.46. The van der Waals surface area contributed by atoms with Crippen molar-refractivity contribution >= 4 is 23.0 Å². The molecule has 36 heavy (non-hydrogen) atoms. The maximum atomic E-state index is 13.1. The smallest absolute Gasteiger partial charge is 0.292 e. The third-order valence-corrected chi connectivity index (χ3v) is 6.41. The SMILES string of the molecule is COc1ccc(C(=O)N2CCN(c3ccc([N+](=O)[O-])c(N[C@@H](C)c4ccccc4)c3)CC2)cc1OC. The summed E-state index contributed by atoms with van der Waals surface area (Å²) < 4.78 is 10.6. The van der Waals surface area contributed by atoms with Crippen molar-refractivity contribution in [2.24, 2.45) is 0 Å². The van der Waals surface area contributed by atoms with E-state index in [9.17, 15) is 14.9 Å². The fourth-order valence-electron chi connectivity index (χ4n) is 4.37. The topological polar surface area (TPSA) is 97.2 Å². The first-order valence-corrected chi connectivity index (χ1v) is 11.8. The maximum absolute atomic E-state index is 13.1. The number of rotatable bonds is 8. The van der Waals surface area contributed by atoms with Gasteiger partial charge in [0.25, 0.3) is 11.6 Å². The molecule has 1 aliphatic heterocycles. The van der Waals surface area contributed by atoms with Gasteiger partial charge in [-0.3, -0.25) is 14.9 Å². The van der Waals surface area contributed by atoms with Crippen LogP contribution in [0.15, 0.2) is 66.7 Å². The number of anilines is 2. The number of hydrogen-bond acceptors (Lipinski definition) is 7. The standard InChI is InChI=1S/C27H30N4O5/c1-19(20-7-5-4-6-8-20)28-23-18-22(10-11-24(23)31(33)34)29-13-15-30(16-14-29)27(32)21-9-12-25(35-2)26(17-21)36-3/h4-12,17-19,28H,13-16H2,1-3H3/t19-/m0/s1. The summed E-state index contributed by atoms with van der Waals surface area (Å²) in [5, 5.41) is 15.0. The fourth-order valence-corrected chi connectivity index (χ4v) is 4.37. The van der Waals surface area contributed by atoms with E-state index < -0.39 is 0 Å². The number of nitro benzene ring substituents is 1. The van der Waals surface area contributed by atoms with Gasteiger partial charge in [0.2, 0.25) is 0 Å². The molecule has 0 radical (unpaired) electrons. The van der Waals surface area contributed by atoms with Crippen molar-refractivity contribution in [1.29, 1.82) is 0 Å². The molecule has 9 nitrogen and oxygen atoms in total. The number of nitro groups is 1. The average Bonchev–Trinajstić information content (AvgIpc) is 2.92. The summed E-state index contributed by atoms with van der Waals surface area (Å²) in [4.78, 5) is 28.3. The number of hydrogen-bond donors (Lipinski definition) is 1. The Kier molecular flexibility index (Phi) is 7.58. The van der Waals surface area contributed by atoms with E-state index in [0.717, 1.165) is 11.3 Å². The molecule has 0 bridgehead atoms. The number of amides is 1. The Labute approximate surface area is 210 Å². The first kappa shape index (κ1) is 24.8. The Morgan fingerprint density at radius 3 is 2.28 bits per heavy atom. The van der Waals surface area contributed by atoms with Crippen LogP contribution in [0.3, 0.4) is 0 Å². The molecule has 1 atom stereocenters. The molecule has 1 aliphatic rings. The lowest BCUT2D eigenvalue weighted by molar-refractivity contribution is -0.384. The Morgan fingerprint density at radius 2 is 1.64 bits per heavy atom. The second kappa shape index (κ2) is 11.0. The highest BCUT2D eigenvalue weighted by Crippen LogP contribution is 2.33. The van der Waals surface area contributed by atoms with Gasteiger partial charge in [0.15, 0.2) is 11.5 Å². The van der Waals surface area contributed by atoms with E-state index in [4.69, 9.17) is 9.47 Å². The molecule has 1 saturated heterocycles. The summed E-state index contributed by atoms with van der Waals surface area (Å²) in [5.74, 6) is 1.01. The second-order valence-electron chi connectivity index (χ2n) is 8.58. The van der Waals surface area contributed by atoms with Crippen LogP contribution >= 0.6 is 0 Å². The summed E-state index contributed by atoms with van der Waals surface area (Å²) in [5.41, 5.74) is 2.96. The molecule has 0 unspecified atom stereocenters. The van der Waals surface area contributed by atoms with E-state index in [1.54, 1.807) is 43.4 Å². The monoisotopic (exact) mass is 490 g/mol. The van der Waals surface area contributed by atoms with Gasteiger partial charge in [-0.05, 0) is 42.8 Å². The van der Waals surface area contributed by atoms with E-state index in [1.165, 1.54) is 6.07 Å². The second-order valence-corrected chi connectivity index (χ2v) is 8.58. The van der Waals surface area contributed by atoms with Crippen molar-refractivity contribution in [3.05, 3.63) is 88.0 Å². The number of methoxy groups -OCH3 is 2. The quantitative estimate of drug-likeness (QED) is 0.360. The van der Waals surface area contributed by atoms with Gasteiger partial charge in [-0.1, -0.05) is 30.3 Å². The summed E-state index contributed by atoms with van der Waals surface area (Å²) in [6, 6.07) is 20.0. The van der Waals surface area contributed by atoms with Gasteiger partial charge in [0, 0.05) is 49.5 Å². The van der Waals surface area contributed by atoms with Gasteiger partial charge < -0.3 is 24.6 Å². The van der Waals surface area contributed by atoms with Crippen LogP contribution < -0.4 is 19.7 Å². The summed E-state index contributed by atoms with van der Waals surface area (Å²) >= 11 is 0. The molecule has 1 fully saturated rings. The molecule has 1 amide bonds. The van der Waals surface area contributed by atoms with Crippen molar-refractivity contribution in [3.63, 3.8) is 0 Å². The molecular formula is C27H30N4O5. The first-order valence-electron chi connectivity index (χ1n) is 11.8. The van der Waals surface area contributed by atoms with E-state index in [0.29, 0.717) is 48.9 Å². The molecule has 0 saturated carbocycles. The highest BCUT2D eigenvalue weighted by molar-refractivity contribution is 5.95. The van der Waals surface area contributed by atoms with Crippen LogP contribution in [0.4, 0.5) is 17.1 Å². The Bertz CT molecular complexity index is 1230. The van der Waals surface area contributed by atoms with Crippen molar-refractivity contribution in [2.75, 3.05) is 50.6 Å². The molecule has 4 rings (SSSR count). The molecular weight excluding hydrogens is 460 g/mol. The lowest BCUT2D eigenvalue weighted by atomic mass is 10.1. The number of nitrogens with zero attached hydrogens (tertiary/aromatic N) is 3. The molecule has 9 heteroatoms. The largest absolute Gasteiger partial charge is 0.493 e. The van der Waals surface area contributed by atoms with Crippen LogP contribution in [0.2, 0.25) is 0 Å². The molecule has 0 aliphatic carbocycles. The number of benzene rings is 3. The Hall–Kier alpha value is -4.27. The predicted octanol–water partition coefficient (Wildman–Crippen LogP) is 4.75. The van der Waals surface area contributed by atoms with E-state index in [1.807, 2.05) is 43.3 Å². The van der Waals surface area contributed by atoms with Crippen LogP contribution in [0.25, 0.3) is 0 Å². The normalized spacial score (nSPS) is 14.2. The number of nitrogens with one attached hydrogen (secondary N) is 1. The molecule has 1 heterocycles. The van der Waals surface area contributed by atoms with Crippen molar-refractivity contribution in [1.82, 2.24) is 4.90 Å². The van der Waals surface area contributed by atoms with Crippen molar-refractivity contribution in [3.8, 4) is 11.5 Å². The number of carbonyl (C=O) groups is 1. The van der Waals surface area contributed by atoms with Gasteiger partial charge in [0.05, 0.1) is 19.1 Å². The van der Waals surface area contributed by atoms with Gasteiger partial charge in [-0.25, -0.2) is 0 Å². The molecule has 1 N–H and O–H groups in total. The van der Waals surface area contributed by atoms with Gasteiger partial charge in [-0.15, -0.1) is 0 Å². The minimum atomic E-state index is -0.371. The highest BCUT2D eigenvalue weighted by atomic mass is 16.6. The summed E-state index contributed by atoms with van der Waals surface area (Å²) in [6.45, 7) is 4.28. The van der Waals surface area contributed by atoms with Gasteiger partial charge in [0.1, 0.15) is 5.69 Å². The zero-order valence-electron chi connectivity index (χ0n) is 20.6. The van der Waals surface area contributed by atoms with Crippen LogP contribution in [-0.4, -0.2) is 56.1 Å². The number of piperazine rings is 1. The Morgan fingerprint density at radius 1 is 0.944 bits per heavy atom. The number of carbonyl (C=O) groups excluding carboxylic acids is 1. The molecule has 0 aromatic heterocycles. The average molecular weight is 491 g/mol. The third-order valence-electron chi connectivity index (χ3n) is 6.41. The fraction of sp³-hybridized carbons (Fsp3) is 0.296. The summed E-state index contributed by atoms with van der Waals surface area (Å²) in [6.07, 6.45) is 0. The van der Waals surface area contributed by atoms with E-state index in [-0.39, 0.29) is 22.6 Å². The van der Waals surface area contributed by atoms with Crippen LogP contribution in [0.5, 0.6) is 11.5 Å². The van der Waals surface area contributed by atoms with Crippen LogP contribution in [0, 0.1) is 10.1 Å². The molecule has 3 aromatic carbocycles. The third kappa shape index (κ3) is 5.35.